The maximum Gasteiger partial charge on any atom is 0.234 e. The van der Waals surface area contributed by atoms with Crippen molar-refractivity contribution in [1.29, 1.82) is 0 Å². The van der Waals surface area contributed by atoms with Crippen LogP contribution < -0.4 is 0 Å². The largest absolute Gasteiger partial charge is 0.234 e. The van der Waals surface area contributed by atoms with Gasteiger partial charge in [-0.3, -0.25) is 0 Å². The lowest BCUT2D eigenvalue weighted by molar-refractivity contribution is 0.123. The Morgan fingerprint density at radius 3 is 2.31 bits per heavy atom. The van der Waals surface area contributed by atoms with E-state index in [1.165, 1.54) is 0 Å². The molecule has 0 saturated heterocycles. The number of nitrogens with zero attached hydrogens (tertiary/aromatic N) is 2. The Balaban J connectivity index is 2.71. The Labute approximate surface area is 95.9 Å². The van der Waals surface area contributed by atoms with E-state index in [9.17, 15) is 9.59 Å². The van der Waals surface area contributed by atoms with Gasteiger partial charge in [0.25, 0.3) is 0 Å². The first-order valence-corrected chi connectivity index (χ1v) is 5.78. The second kappa shape index (κ2) is 6.37. The van der Waals surface area contributed by atoms with E-state index in [0.717, 1.165) is 12.8 Å². The third-order valence-corrected chi connectivity index (χ3v) is 3.93. The smallest absolute Gasteiger partial charge is 0.211 e. The molecule has 1 aliphatic rings. The van der Waals surface area contributed by atoms with Gasteiger partial charge in [-0.15, -0.1) is 0 Å². The number of hydrogen-bond acceptors (Lipinski definition) is 4. The molecule has 1 saturated carbocycles. The average Bonchev–Trinajstić information content (AvgIpc) is 2.29. The van der Waals surface area contributed by atoms with Gasteiger partial charge >= 0.3 is 0 Å². The molecule has 0 aromatic heterocycles. The van der Waals surface area contributed by atoms with Crippen LogP contribution in [-0.2, 0) is 9.59 Å². The summed E-state index contributed by atoms with van der Waals surface area (Å²) in [6.45, 7) is 5.43. The van der Waals surface area contributed by atoms with Gasteiger partial charge in [0.1, 0.15) is 0 Å². The molecule has 0 amide bonds. The van der Waals surface area contributed by atoms with Gasteiger partial charge in [-0.25, -0.2) is 19.6 Å². The van der Waals surface area contributed by atoms with Crippen LogP contribution in [0, 0.1) is 23.7 Å². The summed E-state index contributed by atoms with van der Waals surface area (Å²) >= 11 is 0. The summed E-state index contributed by atoms with van der Waals surface area (Å²) in [5, 5.41) is 0. The molecule has 4 atom stereocenters. The minimum atomic E-state index is 0.335. The fourth-order valence-electron chi connectivity index (χ4n) is 2.64. The highest BCUT2D eigenvalue weighted by Crippen LogP contribution is 2.38. The maximum atomic E-state index is 10.2. The van der Waals surface area contributed by atoms with Crippen LogP contribution in [0.5, 0.6) is 0 Å². The summed E-state index contributed by atoms with van der Waals surface area (Å²) in [5.41, 5.74) is 0. The van der Waals surface area contributed by atoms with Crippen LogP contribution in [0.2, 0.25) is 0 Å². The molecule has 0 heterocycles. The first-order chi connectivity index (χ1) is 7.70. The Morgan fingerprint density at radius 2 is 1.69 bits per heavy atom. The highest BCUT2D eigenvalue weighted by molar-refractivity contribution is 5.33. The van der Waals surface area contributed by atoms with E-state index >= 15 is 0 Å². The number of hydrogen-bond donors (Lipinski definition) is 0. The van der Waals surface area contributed by atoms with Gasteiger partial charge in [0.2, 0.25) is 12.2 Å². The number of carbonyl (C=O) groups excluding carboxylic acids is 2. The zero-order valence-electron chi connectivity index (χ0n) is 9.85. The number of rotatable bonds is 4. The SMILES string of the molecule is CC1CCC(CN=C=O)C(CN=C=O)C1C. The highest BCUT2D eigenvalue weighted by atomic mass is 16.1. The molecule has 1 fully saturated rings. The quantitative estimate of drug-likeness (QED) is 0.539. The molecule has 1 aliphatic carbocycles. The number of isocyanates is 2. The molecule has 0 aliphatic heterocycles. The van der Waals surface area contributed by atoms with Crippen molar-refractivity contribution in [3.05, 3.63) is 0 Å². The molecule has 16 heavy (non-hydrogen) atoms. The molecule has 88 valence electrons. The zero-order valence-corrected chi connectivity index (χ0v) is 9.85. The van der Waals surface area contributed by atoms with Gasteiger partial charge in [0, 0.05) is 0 Å². The zero-order chi connectivity index (χ0) is 12.0. The monoisotopic (exact) mass is 222 g/mol. The molecule has 4 unspecified atom stereocenters. The molecule has 0 N–H and O–H groups in total. The lowest BCUT2D eigenvalue weighted by Gasteiger charge is -2.38. The molecule has 4 nitrogen and oxygen atoms in total. The Hall–Kier alpha value is -1.24. The maximum absolute atomic E-state index is 10.2. The van der Waals surface area contributed by atoms with E-state index in [4.69, 9.17) is 0 Å². The standard InChI is InChI=1S/C12H18N2O2/c1-9-3-4-11(5-13-7-15)12(10(9)2)6-14-8-16/h9-12H,3-6H2,1-2H3. The lowest BCUT2D eigenvalue weighted by Crippen LogP contribution is -2.35. The minimum Gasteiger partial charge on any atom is -0.211 e. The van der Waals surface area contributed by atoms with Crippen LogP contribution in [-0.4, -0.2) is 25.2 Å². The van der Waals surface area contributed by atoms with E-state index in [1.807, 2.05) is 0 Å². The van der Waals surface area contributed by atoms with Gasteiger partial charge in [0.05, 0.1) is 13.1 Å². The van der Waals surface area contributed by atoms with Crippen molar-refractivity contribution in [2.45, 2.75) is 26.7 Å². The lowest BCUT2D eigenvalue weighted by atomic mass is 9.68. The first-order valence-electron chi connectivity index (χ1n) is 5.78. The fourth-order valence-corrected chi connectivity index (χ4v) is 2.64. The van der Waals surface area contributed by atoms with Gasteiger partial charge in [-0.2, -0.15) is 0 Å². The normalized spacial score (nSPS) is 33.6. The van der Waals surface area contributed by atoms with Crippen LogP contribution in [0.25, 0.3) is 0 Å². The van der Waals surface area contributed by atoms with E-state index in [1.54, 1.807) is 12.2 Å². The van der Waals surface area contributed by atoms with Crippen LogP contribution in [0.4, 0.5) is 0 Å². The third kappa shape index (κ3) is 3.13. The summed E-state index contributed by atoms with van der Waals surface area (Å²) in [4.78, 5) is 27.7. The van der Waals surface area contributed by atoms with Gasteiger partial charge in [0.15, 0.2) is 0 Å². The predicted octanol–water partition coefficient (Wildman–Crippen LogP) is 1.96. The first kappa shape index (κ1) is 12.8. The topological polar surface area (TPSA) is 58.9 Å². The summed E-state index contributed by atoms with van der Waals surface area (Å²) in [5.74, 6) is 1.84. The van der Waals surface area contributed by atoms with Crippen LogP contribution in [0.15, 0.2) is 9.98 Å². The van der Waals surface area contributed by atoms with E-state index < -0.39 is 0 Å². The molecule has 4 heteroatoms. The summed E-state index contributed by atoms with van der Waals surface area (Å²) < 4.78 is 0. The van der Waals surface area contributed by atoms with E-state index in [0.29, 0.717) is 36.8 Å². The second-order valence-corrected chi connectivity index (χ2v) is 4.70. The average molecular weight is 222 g/mol. The Bertz CT molecular complexity index is 317. The van der Waals surface area contributed by atoms with Crippen molar-refractivity contribution in [3.63, 3.8) is 0 Å². The predicted molar refractivity (Wildman–Crippen MR) is 60.5 cm³/mol. The highest BCUT2D eigenvalue weighted by Gasteiger charge is 2.34. The van der Waals surface area contributed by atoms with Crippen molar-refractivity contribution < 1.29 is 9.59 Å². The number of aliphatic imine (C=N–C) groups is 2. The third-order valence-electron chi connectivity index (χ3n) is 3.93. The van der Waals surface area contributed by atoms with Crippen molar-refractivity contribution >= 4 is 12.2 Å². The van der Waals surface area contributed by atoms with Crippen LogP contribution in [0.3, 0.4) is 0 Å². The molecule has 0 bridgehead atoms. The van der Waals surface area contributed by atoms with Crippen molar-refractivity contribution in [2.24, 2.45) is 33.7 Å². The van der Waals surface area contributed by atoms with Gasteiger partial charge < -0.3 is 0 Å². The Kier molecular flexibility index (Phi) is 5.10. The van der Waals surface area contributed by atoms with Crippen LogP contribution in [0.1, 0.15) is 26.7 Å². The second-order valence-electron chi connectivity index (χ2n) is 4.70. The molecular weight excluding hydrogens is 204 g/mol. The minimum absolute atomic E-state index is 0.335. The summed E-state index contributed by atoms with van der Waals surface area (Å²) in [6, 6.07) is 0. The Morgan fingerprint density at radius 1 is 1.06 bits per heavy atom. The van der Waals surface area contributed by atoms with Gasteiger partial charge in [-0.1, -0.05) is 20.3 Å². The van der Waals surface area contributed by atoms with Crippen molar-refractivity contribution in [1.82, 2.24) is 0 Å². The molecule has 0 aromatic rings. The van der Waals surface area contributed by atoms with Crippen molar-refractivity contribution in [3.8, 4) is 0 Å². The van der Waals surface area contributed by atoms with E-state index in [2.05, 4.69) is 23.8 Å². The fraction of sp³-hybridized carbons (Fsp3) is 0.833. The van der Waals surface area contributed by atoms with E-state index in [-0.39, 0.29) is 0 Å². The molecule has 0 aromatic carbocycles. The molecular formula is C12H18N2O2. The van der Waals surface area contributed by atoms with Gasteiger partial charge in [-0.05, 0) is 30.1 Å². The molecule has 0 radical (unpaired) electrons. The van der Waals surface area contributed by atoms with Crippen molar-refractivity contribution in [2.75, 3.05) is 13.1 Å². The molecule has 1 rings (SSSR count). The van der Waals surface area contributed by atoms with Crippen LogP contribution >= 0.6 is 0 Å². The summed E-state index contributed by atoms with van der Waals surface area (Å²) in [6.07, 6.45) is 5.38. The summed E-state index contributed by atoms with van der Waals surface area (Å²) in [7, 11) is 0. The molecule has 0 spiro atoms.